The molecule has 0 spiro atoms. The predicted octanol–water partition coefficient (Wildman–Crippen LogP) is 0.923. The summed E-state index contributed by atoms with van der Waals surface area (Å²) >= 11 is 0. The van der Waals surface area contributed by atoms with Crippen molar-refractivity contribution >= 4 is 13.7 Å². The summed E-state index contributed by atoms with van der Waals surface area (Å²) < 4.78 is 17.3. The first-order chi connectivity index (χ1) is 9.30. The molecule has 1 aliphatic heterocycles. The summed E-state index contributed by atoms with van der Waals surface area (Å²) in [5, 5.41) is 1.12. The third-order valence-corrected chi connectivity index (χ3v) is 6.60. The number of hydrogen-bond donors (Lipinski definition) is 1. The predicted molar refractivity (Wildman–Crippen MR) is 77.4 cm³/mol. The van der Waals surface area contributed by atoms with Crippen molar-refractivity contribution in [3.05, 3.63) is 30.3 Å². The summed E-state index contributed by atoms with van der Waals surface area (Å²) in [6, 6.07) is 10.1. The zero-order chi connectivity index (χ0) is 13.6. The lowest BCUT2D eigenvalue weighted by Gasteiger charge is -2.31. The van der Waals surface area contributed by atoms with Crippen LogP contribution in [-0.4, -0.2) is 41.2 Å². The summed E-state index contributed by atoms with van der Waals surface area (Å²) in [6.07, 6.45) is 1.47. The van der Waals surface area contributed by atoms with Gasteiger partial charge in [0, 0.05) is 25.3 Å². The van der Waals surface area contributed by atoms with Crippen molar-refractivity contribution in [2.24, 2.45) is 11.7 Å². The van der Waals surface area contributed by atoms with Gasteiger partial charge in [-0.05, 0) is 18.5 Å². The third kappa shape index (κ3) is 3.64. The molecule has 2 rings (SSSR count). The molecule has 4 nitrogen and oxygen atoms in total. The molecule has 1 atom stereocenters. The molecular weight excluding hydrogens is 258 g/mol. The smallest absolute Gasteiger partial charge is 0.386 e. The van der Waals surface area contributed by atoms with Gasteiger partial charge < -0.3 is 19.3 Å². The Morgan fingerprint density at radius 1 is 1.26 bits per heavy atom. The van der Waals surface area contributed by atoms with E-state index in [4.69, 9.17) is 19.3 Å². The van der Waals surface area contributed by atoms with Crippen molar-refractivity contribution in [1.29, 1.82) is 0 Å². The van der Waals surface area contributed by atoms with Crippen LogP contribution in [0.15, 0.2) is 30.3 Å². The zero-order valence-corrected chi connectivity index (χ0v) is 12.5. The van der Waals surface area contributed by atoms with Gasteiger partial charge in [0.2, 0.25) is 0 Å². The molecule has 2 N–H and O–H groups in total. The molecule has 0 aromatic heterocycles. The highest BCUT2D eigenvalue weighted by Crippen LogP contribution is 2.16. The van der Waals surface area contributed by atoms with Crippen LogP contribution in [0.4, 0.5) is 0 Å². The fourth-order valence-corrected chi connectivity index (χ4v) is 4.71. The molecule has 0 bridgehead atoms. The molecule has 1 saturated heterocycles. The van der Waals surface area contributed by atoms with E-state index in [0.29, 0.717) is 25.3 Å². The Kier molecular flexibility index (Phi) is 5.54. The number of nitrogens with two attached hydrogens (primary N) is 1. The first kappa shape index (κ1) is 14.7. The van der Waals surface area contributed by atoms with Gasteiger partial charge in [0.1, 0.15) is 0 Å². The number of rotatable bonds is 8. The van der Waals surface area contributed by atoms with Crippen LogP contribution < -0.4 is 10.9 Å². The van der Waals surface area contributed by atoms with Gasteiger partial charge in [0.25, 0.3) is 0 Å². The lowest BCUT2D eigenvalue weighted by Crippen LogP contribution is -2.60. The monoisotopic (exact) mass is 281 g/mol. The zero-order valence-electron chi connectivity index (χ0n) is 11.5. The first-order valence-electron chi connectivity index (χ1n) is 6.92. The summed E-state index contributed by atoms with van der Waals surface area (Å²) in [4.78, 5) is 0. The lowest BCUT2D eigenvalue weighted by molar-refractivity contribution is -0.0416. The van der Waals surface area contributed by atoms with Crippen molar-refractivity contribution in [2.45, 2.75) is 13.3 Å². The second-order valence-electron chi connectivity index (χ2n) is 4.80. The number of benzene rings is 1. The SMILES string of the molecule is CCO[Si](CN)(OCCC1COC1)c1ccccc1. The second-order valence-corrected chi connectivity index (χ2v) is 7.87. The van der Waals surface area contributed by atoms with Crippen LogP contribution in [0, 0.1) is 5.92 Å². The van der Waals surface area contributed by atoms with Crippen molar-refractivity contribution in [3.8, 4) is 0 Å². The van der Waals surface area contributed by atoms with E-state index < -0.39 is 8.56 Å². The topological polar surface area (TPSA) is 53.7 Å². The van der Waals surface area contributed by atoms with Crippen molar-refractivity contribution in [1.82, 2.24) is 0 Å². The second kappa shape index (κ2) is 7.16. The van der Waals surface area contributed by atoms with Crippen LogP contribution >= 0.6 is 0 Å². The summed E-state index contributed by atoms with van der Waals surface area (Å²) in [6.45, 7) is 5.04. The van der Waals surface area contributed by atoms with E-state index in [-0.39, 0.29) is 0 Å². The minimum atomic E-state index is -2.46. The summed E-state index contributed by atoms with van der Waals surface area (Å²) in [5.74, 6) is 0.641. The average Bonchev–Trinajstić information content (AvgIpc) is 2.41. The van der Waals surface area contributed by atoms with E-state index in [0.717, 1.165) is 24.8 Å². The fourth-order valence-electron chi connectivity index (χ4n) is 2.21. The van der Waals surface area contributed by atoms with E-state index in [1.54, 1.807) is 0 Å². The lowest BCUT2D eigenvalue weighted by atomic mass is 10.1. The molecule has 1 fully saturated rings. The van der Waals surface area contributed by atoms with Crippen molar-refractivity contribution in [2.75, 3.05) is 32.6 Å². The van der Waals surface area contributed by atoms with Gasteiger partial charge in [-0.1, -0.05) is 30.3 Å². The molecule has 0 radical (unpaired) electrons. The molecule has 0 aliphatic carbocycles. The molecule has 1 aromatic rings. The van der Waals surface area contributed by atoms with Crippen molar-refractivity contribution in [3.63, 3.8) is 0 Å². The molecule has 1 unspecified atom stereocenters. The van der Waals surface area contributed by atoms with E-state index in [9.17, 15) is 0 Å². The van der Waals surface area contributed by atoms with Crippen LogP contribution in [0.1, 0.15) is 13.3 Å². The normalized spacial score (nSPS) is 18.8. The molecule has 0 amide bonds. The minimum Gasteiger partial charge on any atom is -0.391 e. The highest BCUT2D eigenvalue weighted by atomic mass is 28.4. The molecule has 1 heterocycles. The standard InChI is InChI=1S/C14H23NO3Si/c1-2-17-19(12-15,14-6-4-3-5-7-14)18-9-8-13-10-16-11-13/h3-7,13H,2,8-12,15H2,1H3. The molecule has 0 saturated carbocycles. The summed E-state index contributed by atoms with van der Waals surface area (Å²) in [5.41, 5.74) is 5.98. The Labute approximate surface area is 116 Å². The fraction of sp³-hybridized carbons (Fsp3) is 0.571. The molecule has 1 aliphatic rings. The van der Waals surface area contributed by atoms with Gasteiger partial charge in [0.05, 0.1) is 13.2 Å². The van der Waals surface area contributed by atoms with Gasteiger partial charge in [-0.2, -0.15) is 0 Å². The largest absolute Gasteiger partial charge is 0.391 e. The maximum absolute atomic E-state index is 6.15. The minimum absolute atomic E-state index is 0.450. The average molecular weight is 281 g/mol. The van der Waals surface area contributed by atoms with E-state index >= 15 is 0 Å². The Morgan fingerprint density at radius 3 is 2.53 bits per heavy atom. The van der Waals surface area contributed by atoms with Gasteiger partial charge >= 0.3 is 8.56 Å². The first-order valence-corrected chi connectivity index (χ1v) is 8.94. The Hall–Kier alpha value is -0.723. The van der Waals surface area contributed by atoms with E-state index in [1.165, 1.54) is 0 Å². The van der Waals surface area contributed by atoms with E-state index in [1.807, 2.05) is 25.1 Å². The highest BCUT2D eigenvalue weighted by Gasteiger charge is 2.38. The van der Waals surface area contributed by atoms with Crippen molar-refractivity contribution < 1.29 is 13.6 Å². The van der Waals surface area contributed by atoms with Crippen LogP contribution in [-0.2, 0) is 13.6 Å². The summed E-state index contributed by atoms with van der Waals surface area (Å²) in [7, 11) is -2.46. The molecule has 19 heavy (non-hydrogen) atoms. The Morgan fingerprint density at radius 2 is 2.00 bits per heavy atom. The molecule has 1 aromatic carbocycles. The van der Waals surface area contributed by atoms with Gasteiger partial charge in [-0.3, -0.25) is 0 Å². The molecule has 5 heteroatoms. The van der Waals surface area contributed by atoms with E-state index in [2.05, 4.69) is 12.1 Å². The third-order valence-electron chi connectivity index (χ3n) is 3.43. The van der Waals surface area contributed by atoms with Gasteiger partial charge in [0.15, 0.2) is 0 Å². The van der Waals surface area contributed by atoms with Gasteiger partial charge in [-0.25, -0.2) is 0 Å². The van der Waals surface area contributed by atoms with Crippen LogP contribution in [0.5, 0.6) is 0 Å². The van der Waals surface area contributed by atoms with Crippen LogP contribution in [0.3, 0.4) is 0 Å². The quantitative estimate of drug-likeness (QED) is 0.720. The van der Waals surface area contributed by atoms with Gasteiger partial charge in [-0.15, -0.1) is 0 Å². The maximum Gasteiger partial charge on any atom is 0.386 e. The highest BCUT2D eigenvalue weighted by molar-refractivity contribution is 6.81. The number of ether oxygens (including phenoxy) is 1. The van der Waals surface area contributed by atoms with Crippen LogP contribution in [0.2, 0.25) is 0 Å². The number of hydrogen-bond acceptors (Lipinski definition) is 4. The molecular formula is C14H23NO3Si. The maximum atomic E-state index is 6.15. The van der Waals surface area contributed by atoms with Crippen LogP contribution in [0.25, 0.3) is 0 Å². The Bertz CT molecular complexity index is 372. The Balaban J connectivity index is 2.00. The molecule has 106 valence electrons.